The lowest BCUT2D eigenvalue weighted by Gasteiger charge is -2.31. The van der Waals surface area contributed by atoms with E-state index < -0.39 is 21.0 Å². The SMILES string of the molecule is CCCCO[Si](OCCCC)(OCCCC)C(F)C(F)F. The summed E-state index contributed by atoms with van der Waals surface area (Å²) in [7, 11) is -3.99. The van der Waals surface area contributed by atoms with Crippen LogP contribution in [0.2, 0.25) is 0 Å². The third kappa shape index (κ3) is 8.18. The highest BCUT2D eigenvalue weighted by Crippen LogP contribution is 2.24. The molecule has 0 aliphatic carbocycles. The van der Waals surface area contributed by atoms with Crippen molar-refractivity contribution in [1.82, 2.24) is 0 Å². The third-order valence-corrected chi connectivity index (χ3v) is 5.71. The summed E-state index contributed by atoms with van der Waals surface area (Å²) in [6.07, 6.45) is 1.35. The molecule has 1 atom stereocenters. The first-order valence-corrected chi connectivity index (χ1v) is 9.68. The molecule has 0 radical (unpaired) electrons. The van der Waals surface area contributed by atoms with Gasteiger partial charge in [0.25, 0.3) is 6.43 Å². The molecule has 0 bridgehead atoms. The Hall–Kier alpha value is -0.113. The van der Waals surface area contributed by atoms with E-state index in [4.69, 9.17) is 13.3 Å². The number of hydrogen-bond acceptors (Lipinski definition) is 3. The molecule has 0 saturated carbocycles. The quantitative estimate of drug-likeness (QED) is 0.346. The normalized spacial score (nSPS) is 13.9. The summed E-state index contributed by atoms with van der Waals surface area (Å²) in [6.45, 7) is 6.41. The minimum Gasteiger partial charge on any atom is -0.372 e. The molecule has 0 N–H and O–H groups in total. The Labute approximate surface area is 127 Å². The fourth-order valence-electron chi connectivity index (χ4n) is 1.59. The summed E-state index contributed by atoms with van der Waals surface area (Å²) >= 11 is 0. The second-order valence-corrected chi connectivity index (χ2v) is 7.57. The van der Waals surface area contributed by atoms with Crippen LogP contribution in [-0.2, 0) is 13.3 Å². The van der Waals surface area contributed by atoms with Crippen LogP contribution in [0.25, 0.3) is 0 Å². The van der Waals surface area contributed by atoms with Crippen LogP contribution in [-0.4, -0.2) is 40.8 Å². The molecule has 1 unspecified atom stereocenters. The summed E-state index contributed by atoms with van der Waals surface area (Å²) in [5, 5.41) is 0. The van der Waals surface area contributed by atoms with Crippen LogP contribution in [0.15, 0.2) is 0 Å². The van der Waals surface area contributed by atoms with Gasteiger partial charge < -0.3 is 13.3 Å². The van der Waals surface area contributed by atoms with Crippen molar-refractivity contribution in [2.45, 2.75) is 71.5 Å². The largest absolute Gasteiger partial charge is 0.543 e. The molecule has 0 fully saturated rings. The van der Waals surface area contributed by atoms with Crippen molar-refractivity contribution in [3.63, 3.8) is 0 Å². The minimum absolute atomic E-state index is 0.189. The molecule has 7 heteroatoms. The topological polar surface area (TPSA) is 27.7 Å². The zero-order chi connectivity index (χ0) is 16.1. The van der Waals surface area contributed by atoms with Gasteiger partial charge in [-0.15, -0.1) is 0 Å². The maximum absolute atomic E-state index is 14.1. The molecule has 0 aromatic rings. The molecule has 0 aliphatic heterocycles. The highest BCUT2D eigenvalue weighted by molar-refractivity contribution is 6.62. The Kier molecular flexibility index (Phi) is 12.4. The summed E-state index contributed by atoms with van der Waals surface area (Å²) in [5.41, 5.74) is 0. The van der Waals surface area contributed by atoms with Gasteiger partial charge in [0.05, 0.1) is 0 Å². The van der Waals surface area contributed by atoms with Crippen LogP contribution in [0.1, 0.15) is 59.3 Å². The molecule has 0 spiro atoms. The lowest BCUT2D eigenvalue weighted by atomic mass is 10.4. The Morgan fingerprint density at radius 2 is 1.05 bits per heavy atom. The average Bonchev–Trinajstić information content (AvgIpc) is 2.46. The number of rotatable bonds is 14. The van der Waals surface area contributed by atoms with Crippen LogP contribution in [0.5, 0.6) is 0 Å². The number of halogens is 3. The Morgan fingerprint density at radius 3 is 1.29 bits per heavy atom. The second-order valence-electron chi connectivity index (χ2n) is 4.95. The summed E-state index contributed by atoms with van der Waals surface area (Å²) in [6, 6.07) is 0. The van der Waals surface area contributed by atoms with Gasteiger partial charge in [-0.05, 0) is 19.3 Å². The van der Waals surface area contributed by atoms with Crippen LogP contribution < -0.4 is 0 Å². The summed E-state index contributed by atoms with van der Waals surface area (Å²) in [5.74, 6) is -2.48. The molecule has 0 amide bonds. The van der Waals surface area contributed by atoms with Crippen molar-refractivity contribution in [2.24, 2.45) is 0 Å². The summed E-state index contributed by atoms with van der Waals surface area (Å²) < 4.78 is 56.1. The average molecular weight is 330 g/mol. The molecule has 21 heavy (non-hydrogen) atoms. The van der Waals surface area contributed by atoms with Gasteiger partial charge in [0.1, 0.15) is 0 Å². The van der Waals surface area contributed by atoms with Gasteiger partial charge in [0, 0.05) is 19.8 Å². The van der Waals surface area contributed by atoms with Crippen LogP contribution in [0.3, 0.4) is 0 Å². The maximum Gasteiger partial charge on any atom is 0.543 e. The molecule has 0 rings (SSSR count). The van der Waals surface area contributed by atoms with Crippen molar-refractivity contribution < 1.29 is 26.4 Å². The van der Waals surface area contributed by atoms with Gasteiger partial charge in [-0.3, -0.25) is 0 Å². The van der Waals surface area contributed by atoms with E-state index in [0.29, 0.717) is 19.3 Å². The van der Waals surface area contributed by atoms with Crippen molar-refractivity contribution in [1.29, 1.82) is 0 Å². The van der Waals surface area contributed by atoms with Crippen LogP contribution in [0.4, 0.5) is 13.2 Å². The lowest BCUT2D eigenvalue weighted by Crippen LogP contribution is -2.57. The number of alkyl halides is 3. The van der Waals surface area contributed by atoms with E-state index in [1.54, 1.807) is 0 Å². The number of unbranched alkanes of at least 4 members (excludes halogenated alkanes) is 3. The van der Waals surface area contributed by atoms with E-state index in [1.807, 2.05) is 20.8 Å². The molecule has 0 aliphatic rings. The van der Waals surface area contributed by atoms with Gasteiger partial charge in [-0.25, -0.2) is 13.2 Å². The molecule has 0 heterocycles. The van der Waals surface area contributed by atoms with E-state index in [1.165, 1.54) is 0 Å². The highest BCUT2D eigenvalue weighted by Gasteiger charge is 2.55. The van der Waals surface area contributed by atoms with Gasteiger partial charge in [0.15, 0.2) is 0 Å². The van der Waals surface area contributed by atoms with E-state index >= 15 is 0 Å². The lowest BCUT2D eigenvalue weighted by molar-refractivity contribution is -0.0127. The predicted octanol–water partition coefficient (Wildman–Crippen LogP) is 4.52. The second kappa shape index (κ2) is 12.4. The van der Waals surface area contributed by atoms with Crippen molar-refractivity contribution in [3.05, 3.63) is 0 Å². The van der Waals surface area contributed by atoms with Gasteiger partial charge in [-0.2, -0.15) is 0 Å². The number of hydrogen-bond donors (Lipinski definition) is 0. The van der Waals surface area contributed by atoms with Crippen molar-refractivity contribution in [3.8, 4) is 0 Å². The highest BCUT2D eigenvalue weighted by atomic mass is 28.4. The molecular weight excluding hydrogens is 301 g/mol. The van der Waals surface area contributed by atoms with E-state index in [9.17, 15) is 13.2 Å². The third-order valence-electron chi connectivity index (χ3n) is 2.96. The summed E-state index contributed by atoms with van der Waals surface area (Å²) in [4.78, 5) is 0. The van der Waals surface area contributed by atoms with Crippen molar-refractivity contribution in [2.75, 3.05) is 19.8 Å². The van der Waals surface area contributed by atoms with Crippen LogP contribution in [0, 0.1) is 0 Å². The maximum atomic E-state index is 14.1. The van der Waals surface area contributed by atoms with E-state index in [2.05, 4.69) is 0 Å². The molecule has 3 nitrogen and oxygen atoms in total. The zero-order valence-corrected chi connectivity index (χ0v) is 14.4. The molecule has 0 aromatic heterocycles. The van der Waals surface area contributed by atoms with Crippen molar-refractivity contribution >= 4 is 8.80 Å². The first kappa shape index (κ1) is 20.9. The smallest absolute Gasteiger partial charge is 0.372 e. The fraction of sp³-hybridized carbons (Fsp3) is 1.00. The first-order valence-electron chi connectivity index (χ1n) is 7.88. The van der Waals surface area contributed by atoms with Gasteiger partial charge in [0.2, 0.25) is 5.79 Å². The van der Waals surface area contributed by atoms with Gasteiger partial charge in [-0.1, -0.05) is 40.0 Å². The Morgan fingerprint density at radius 1 is 0.714 bits per heavy atom. The fourth-order valence-corrected chi connectivity index (χ4v) is 3.92. The Bertz CT molecular complexity index is 219. The van der Waals surface area contributed by atoms with E-state index in [-0.39, 0.29) is 19.8 Å². The van der Waals surface area contributed by atoms with E-state index in [0.717, 1.165) is 19.3 Å². The molecular formula is C14H29F3O3Si. The van der Waals surface area contributed by atoms with Gasteiger partial charge >= 0.3 is 8.80 Å². The molecule has 0 aromatic carbocycles. The Balaban J connectivity index is 4.86. The first-order chi connectivity index (χ1) is 10.0. The monoisotopic (exact) mass is 330 g/mol. The minimum atomic E-state index is -3.99. The zero-order valence-electron chi connectivity index (χ0n) is 13.4. The predicted molar refractivity (Wildman–Crippen MR) is 79.2 cm³/mol. The molecule has 128 valence electrons. The van der Waals surface area contributed by atoms with Crippen LogP contribution >= 0.6 is 0 Å². The molecule has 0 saturated heterocycles. The standard InChI is InChI=1S/C14H29F3O3Si/c1-4-7-10-18-21(14(17)13(15)16,19-11-8-5-2)20-12-9-6-3/h13-14H,4-12H2,1-3H3.